The van der Waals surface area contributed by atoms with E-state index in [0.29, 0.717) is 22.4 Å². The lowest BCUT2D eigenvalue weighted by Gasteiger charge is -2.09. The zero-order valence-electron chi connectivity index (χ0n) is 17.8. The highest BCUT2D eigenvalue weighted by atomic mass is 16.6. The summed E-state index contributed by atoms with van der Waals surface area (Å²) in [7, 11) is 0. The molecule has 0 aromatic heterocycles. The van der Waals surface area contributed by atoms with Crippen molar-refractivity contribution in [3.8, 4) is 0 Å². The van der Waals surface area contributed by atoms with Gasteiger partial charge in [0.1, 0.15) is 0 Å². The maximum Gasteiger partial charge on any atom is 0.273 e. The molecule has 0 spiro atoms. The zero-order chi connectivity index (χ0) is 23.8. The predicted molar refractivity (Wildman–Crippen MR) is 123 cm³/mol. The molecule has 3 N–H and O–H groups in total. The highest BCUT2D eigenvalue weighted by Gasteiger charge is 2.15. The molecule has 0 aliphatic rings. The van der Waals surface area contributed by atoms with Gasteiger partial charge in [-0.1, -0.05) is 24.3 Å². The van der Waals surface area contributed by atoms with Gasteiger partial charge in [-0.15, -0.1) is 0 Å². The third-order valence-electron chi connectivity index (χ3n) is 4.81. The number of nitro benzene ring substituents is 1. The molecule has 3 aromatic rings. The van der Waals surface area contributed by atoms with Gasteiger partial charge in [0.05, 0.1) is 4.92 Å². The molecule has 9 heteroatoms. The van der Waals surface area contributed by atoms with Gasteiger partial charge in [-0.3, -0.25) is 24.5 Å². The second kappa shape index (κ2) is 10.7. The molecule has 9 nitrogen and oxygen atoms in total. The second-order valence-electron chi connectivity index (χ2n) is 7.17. The number of amides is 3. The van der Waals surface area contributed by atoms with E-state index in [1.807, 2.05) is 6.07 Å². The van der Waals surface area contributed by atoms with E-state index in [1.54, 1.807) is 55.5 Å². The molecule has 3 amide bonds. The number of carbonyl (C=O) groups excluding carboxylic acids is 3. The highest BCUT2D eigenvalue weighted by Crippen LogP contribution is 2.20. The summed E-state index contributed by atoms with van der Waals surface area (Å²) < 4.78 is 0. The van der Waals surface area contributed by atoms with Gasteiger partial charge in [0.25, 0.3) is 23.4 Å². The Bertz CT molecular complexity index is 1180. The van der Waals surface area contributed by atoms with Gasteiger partial charge >= 0.3 is 0 Å². The molecule has 0 heterocycles. The molecule has 0 atom stereocenters. The first kappa shape index (κ1) is 23.1. The first-order valence-electron chi connectivity index (χ1n) is 10.1. The Morgan fingerprint density at radius 1 is 0.758 bits per heavy atom. The molecule has 0 aliphatic carbocycles. The van der Waals surface area contributed by atoms with Crippen LogP contribution in [0.5, 0.6) is 0 Å². The SMILES string of the molecule is Cc1ccc(C(=O)Nc2ccc(C(=O)NCCNC(=O)c3ccccc3)cc2)cc1[N+](=O)[O-]. The Morgan fingerprint density at radius 3 is 1.88 bits per heavy atom. The summed E-state index contributed by atoms with van der Waals surface area (Å²) in [4.78, 5) is 47.2. The van der Waals surface area contributed by atoms with Gasteiger partial charge in [0, 0.05) is 47.1 Å². The minimum atomic E-state index is -0.535. The van der Waals surface area contributed by atoms with Crippen LogP contribution in [0.3, 0.4) is 0 Å². The maximum absolute atomic E-state index is 12.4. The smallest absolute Gasteiger partial charge is 0.273 e. The van der Waals surface area contributed by atoms with Crippen molar-refractivity contribution in [2.24, 2.45) is 0 Å². The van der Waals surface area contributed by atoms with Gasteiger partial charge in [-0.25, -0.2) is 0 Å². The quantitative estimate of drug-likeness (QED) is 0.278. The highest BCUT2D eigenvalue weighted by molar-refractivity contribution is 6.05. The molecule has 3 rings (SSSR count). The molecule has 0 saturated carbocycles. The zero-order valence-corrected chi connectivity index (χ0v) is 17.8. The van der Waals surface area contributed by atoms with Crippen LogP contribution in [-0.4, -0.2) is 35.7 Å². The van der Waals surface area contributed by atoms with E-state index in [2.05, 4.69) is 16.0 Å². The minimum Gasteiger partial charge on any atom is -0.350 e. The van der Waals surface area contributed by atoms with Crippen LogP contribution in [0.1, 0.15) is 36.6 Å². The van der Waals surface area contributed by atoms with Crippen LogP contribution in [0.25, 0.3) is 0 Å². The van der Waals surface area contributed by atoms with Crippen LogP contribution >= 0.6 is 0 Å². The molecule has 0 fully saturated rings. The van der Waals surface area contributed by atoms with Crippen LogP contribution in [0.4, 0.5) is 11.4 Å². The van der Waals surface area contributed by atoms with E-state index in [1.165, 1.54) is 18.2 Å². The number of nitrogens with one attached hydrogen (secondary N) is 3. The third kappa shape index (κ3) is 6.23. The Kier molecular flexibility index (Phi) is 7.48. The van der Waals surface area contributed by atoms with Crippen LogP contribution in [0.15, 0.2) is 72.8 Å². The van der Waals surface area contributed by atoms with E-state index < -0.39 is 10.8 Å². The van der Waals surface area contributed by atoms with Crippen molar-refractivity contribution in [1.82, 2.24) is 10.6 Å². The Labute approximate surface area is 190 Å². The van der Waals surface area contributed by atoms with Crippen molar-refractivity contribution in [1.29, 1.82) is 0 Å². The summed E-state index contributed by atoms with van der Waals surface area (Å²) in [6.45, 7) is 2.12. The van der Waals surface area contributed by atoms with Crippen molar-refractivity contribution in [2.45, 2.75) is 6.92 Å². The molecule has 0 saturated heterocycles. The van der Waals surface area contributed by atoms with E-state index in [-0.39, 0.29) is 36.2 Å². The lowest BCUT2D eigenvalue weighted by Crippen LogP contribution is -2.34. The summed E-state index contributed by atoms with van der Waals surface area (Å²) in [5.74, 6) is -1.04. The molecule has 33 heavy (non-hydrogen) atoms. The summed E-state index contributed by atoms with van der Waals surface area (Å²) >= 11 is 0. The molecular formula is C24H22N4O5. The normalized spacial score (nSPS) is 10.2. The van der Waals surface area contributed by atoms with Crippen molar-refractivity contribution >= 4 is 29.1 Å². The summed E-state index contributed by atoms with van der Waals surface area (Å²) in [5, 5.41) is 19.1. The third-order valence-corrected chi connectivity index (χ3v) is 4.81. The monoisotopic (exact) mass is 446 g/mol. The fourth-order valence-corrected chi connectivity index (χ4v) is 3.00. The first-order valence-corrected chi connectivity index (χ1v) is 10.1. The molecular weight excluding hydrogens is 424 g/mol. The predicted octanol–water partition coefficient (Wildman–Crippen LogP) is 3.32. The second-order valence-corrected chi connectivity index (χ2v) is 7.17. The summed E-state index contributed by atoms with van der Waals surface area (Å²) in [6, 6.07) is 19.2. The first-order chi connectivity index (χ1) is 15.8. The van der Waals surface area contributed by atoms with Gasteiger partial charge in [-0.2, -0.15) is 0 Å². The van der Waals surface area contributed by atoms with Crippen LogP contribution < -0.4 is 16.0 Å². The average Bonchev–Trinajstić information content (AvgIpc) is 2.82. The minimum absolute atomic E-state index is 0.130. The van der Waals surface area contributed by atoms with Crippen molar-refractivity contribution in [3.63, 3.8) is 0 Å². The van der Waals surface area contributed by atoms with Gasteiger partial charge in [0.2, 0.25) is 0 Å². The molecule has 3 aromatic carbocycles. The molecule has 0 radical (unpaired) electrons. The fourth-order valence-electron chi connectivity index (χ4n) is 3.00. The van der Waals surface area contributed by atoms with E-state index in [0.717, 1.165) is 0 Å². The average molecular weight is 446 g/mol. The van der Waals surface area contributed by atoms with Crippen LogP contribution in [-0.2, 0) is 0 Å². The molecule has 0 unspecified atom stereocenters. The van der Waals surface area contributed by atoms with Crippen LogP contribution in [0, 0.1) is 17.0 Å². The largest absolute Gasteiger partial charge is 0.350 e. The number of benzene rings is 3. The number of rotatable bonds is 8. The standard InChI is InChI=1S/C24H22N4O5/c1-16-7-8-19(15-21(16)28(32)33)24(31)27-20-11-9-18(10-12-20)23(30)26-14-13-25-22(29)17-5-3-2-4-6-17/h2-12,15H,13-14H2,1H3,(H,25,29)(H,26,30)(H,27,31). The number of hydrogen-bond acceptors (Lipinski definition) is 5. The summed E-state index contributed by atoms with van der Waals surface area (Å²) in [6.07, 6.45) is 0. The Morgan fingerprint density at radius 2 is 1.30 bits per heavy atom. The topological polar surface area (TPSA) is 130 Å². The number of nitro groups is 1. The number of anilines is 1. The molecule has 168 valence electrons. The number of carbonyl (C=O) groups is 3. The van der Waals surface area contributed by atoms with E-state index in [4.69, 9.17) is 0 Å². The number of nitrogens with zero attached hydrogens (tertiary/aromatic N) is 1. The Hall–Kier alpha value is -4.53. The van der Waals surface area contributed by atoms with E-state index >= 15 is 0 Å². The molecule has 0 bridgehead atoms. The van der Waals surface area contributed by atoms with Crippen molar-refractivity contribution in [2.75, 3.05) is 18.4 Å². The van der Waals surface area contributed by atoms with E-state index in [9.17, 15) is 24.5 Å². The summed E-state index contributed by atoms with van der Waals surface area (Å²) in [5.41, 5.74) is 1.86. The Balaban J connectivity index is 1.49. The van der Waals surface area contributed by atoms with Crippen molar-refractivity contribution < 1.29 is 19.3 Å². The lowest BCUT2D eigenvalue weighted by atomic mass is 10.1. The lowest BCUT2D eigenvalue weighted by molar-refractivity contribution is -0.385. The van der Waals surface area contributed by atoms with Gasteiger partial charge < -0.3 is 16.0 Å². The maximum atomic E-state index is 12.4. The van der Waals surface area contributed by atoms with Crippen LogP contribution in [0.2, 0.25) is 0 Å². The van der Waals surface area contributed by atoms with Crippen molar-refractivity contribution in [3.05, 3.63) is 105 Å². The van der Waals surface area contributed by atoms with Gasteiger partial charge in [0.15, 0.2) is 0 Å². The van der Waals surface area contributed by atoms with Gasteiger partial charge in [-0.05, 0) is 49.4 Å². The molecule has 0 aliphatic heterocycles. The fraction of sp³-hybridized carbons (Fsp3) is 0.125. The number of hydrogen-bond donors (Lipinski definition) is 3. The number of aryl methyl sites for hydroxylation is 1.